The van der Waals surface area contributed by atoms with E-state index in [2.05, 4.69) is 78.0 Å². The normalized spacial score (nSPS) is 12.7. The highest BCUT2D eigenvalue weighted by Gasteiger charge is 2.22. The molecule has 0 unspecified atom stereocenters. The third kappa shape index (κ3) is 3.20. The van der Waals surface area contributed by atoms with Gasteiger partial charge in [0, 0.05) is 28.7 Å². The second-order valence-electron chi connectivity index (χ2n) is 7.79. The zero-order valence-electron chi connectivity index (χ0n) is 14.5. The van der Waals surface area contributed by atoms with Gasteiger partial charge in [-0.2, -0.15) is 0 Å². The highest BCUT2D eigenvalue weighted by Crippen LogP contribution is 2.35. The number of anilines is 1. The third-order valence-corrected chi connectivity index (χ3v) is 3.78. The Kier molecular flexibility index (Phi) is 4.01. The lowest BCUT2D eigenvalue weighted by atomic mass is 9.84. The van der Waals surface area contributed by atoms with Crippen molar-refractivity contribution in [3.8, 4) is 0 Å². The highest BCUT2D eigenvalue weighted by molar-refractivity contribution is 5.94. The summed E-state index contributed by atoms with van der Waals surface area (Å²) >= 11 is 0. The van der Waals surface area contributed by atoms with Crippen LogP contribution in [-0.2, 0) is 10.8 Å². The van der Waals surface area contributed by atoms with Crippen molar-refractivity contribution in [2.45, 2.75) is 59.3 Å². The van der Waals surface area contributed by atoms with Gasteiger partial charge in [0.2, 0.25) is 0 Å². The molecule has 0 saturated heterocycles. The molecular formula is C19H28N2. The van der Waals surface area contributed by atoms with Crippen LogP contribution in [0.25, 0.3) is 10.9 Å². The van der Waals surface area contributed by atoms with E-state index in [0.29, 0.717) is 0 Å². The van der Waals surface area contributed by atoms with E-state index in [1.807, 2.05) is 0 Å². The van der Waals surface area contributed by atoms with Crippen molar-refractivity contribution in [1.29, 1.82) is 0 Å². The van der Waals surface area contributed by atoms with Crippen LogP contribution in [0.1, 0.15) is 59.7 Å². The summed E-state index contributed by atoms with van der Waals surface area (Å²) < 4.78 is 0. The summed E-state index contributed by atoms with van der Waals surface area (Å²) in [6.07, 6.45) is 0. The maximum absolute atomic E-state index is 5.02. The lowest BCUT2D eigenvalue weighted by Crippen LogP contribution is -2.17. The first-order valence-electron chi connectivity index (χ1n) is 7.83. The van der Waals surface area contributed by atoms with E-state index in [1.165, 1.54) is 16.6 Å². The van der Waals surface area contributed by atoms with Gasteiger partial charge in [-0.05, 0) is 24.0 Å². The fraction of sp³-hybridized carbons (Fsp3) is 0.526. The van der Waals surface area contributed by atoms with Gasteiger partial charge >= 0.3 is 0 Å². The number of nitrogens with zero attached hydrogens (tertiary/aromatic N) is 1. The van der Waals surface area contributed by atoms with Crippen LogP contribution < -0.4 is 5.32 Å². The van der Waals surface area contributed by atoms with Crippen molar-refractivity contribution in [3.05, 3.63) is 35.5 Å². The first-order chi connectivity index (χ1) is 9.64. The van der Waals surface area contributed by atoms with Crippen LogP contribution in [0.15, 0.2) is 24.3 Å². The number of hydrogen-bond acceptors (Lipinski definition) is 2. The maximum Gasteiger partial charge on any atom is 0.0763 e. The Hall–Kier alpha value is -1.57. The lowest BCUT2D eigenvalue weighted by Gasteiger charge is -2.25. The summed E-state index contributed by atoms with van der Waals surface area (Å²) in [5.41, 5.74) is 4.91. The van der Waals surface area contributed by atoms with Gasteiger partial charge in [-0.3, -0.25) is 4.98 Å². The van der Waals surface area contributed by atoms with Gasteiger partial charge in [-0.25, -0.2) is 0 Å². The van der Waals surface area contributed by atoms with Crippen LogP contribution in [0.3, 0.4) is 0 Å². The quantitative estimate of drug-likeness (QED) is 0.813. The molecule has 0 bridgehead atoms. The molecule has 2 rings (SSSR count). The maximum atomic E-state index is 5.02. The zero-order valence-corrected chi connectivity index (χ0v) is 14.5. The van der Waals surface area contributed by atoms with Gasteiger partial charge < -0.3 is 5.32 Å². The molecule has 0 saturated carbocycles. The molecule has 2 aromatic rings. The summed E-state index contributed by atoms with van der Waals surface area (Å²) in [7, 11) is 0. The molecule has 0 aliphatic heterocycles. The van der Waals surface area contributed by atoms with Gasteiger partial charge in [0.25, 0.3) is 0 Å². The smallest absolute Gasteiger partial charge is 0.0763 e. The molecule has 0 spiro atoms. The number of nitrogens with one attached hydrogen (secondary N) is 1. The zero-order chi connectivity index (χ0) is 15.8. The SMILES string of the molecule is CCNc1cc(C(C)(C)C)nc2c(C(C)(C)C)cccc12. The molecule has 1 aromatic carbocycles. The molecular weight excluding hydrogens is 256 g/mol. The molecule has 0 radical (unpaired) electrons. The Balaban J connectivity index is 2.83. The summed E-state index contributed by atoms with van der Waals surface area (Å²) in [6, 6.07) is 8.72. The molecule has 2 heteroatoms. The predicted molar refractivity (Wildman–Crippen MR) is 93.3 cm³/mol. The Morgan fingerprint density at radius 1 is 1.00 bits per heavy atom. The Labute approximate surface area is 129 Å². The molecule has 0 aliphatic carbocycles. The number of pyridine rings is 1. The Morgan fingerprint density at radius 3 is 2.19 bits per heavy atom. The van der Waals surface area contributed by atoms with Crippen molar-refractivity contribution in [2.75, 3.05) is 11.9 Å². The first kappa shape index (κ1) is 15.8. The van der Waals surface area contributed by atoms with Crippen molar-refractivity contribution >= 4 is 16.6 Å². The summed E-state index contributed by atoms with van der Waals surface area (Å²) in [5.74, 6) is 0. The number of para-hydroxylation sites is 1. The molecule has 1 N–H and O–H groups in total. The predicted octanol–water partition coefficient (Wildman–Crippen LogP) is 5.26. The van der Waals surface area contributed by atoms with Crippen LogP contribution in [-0.4, -0.2) is 11.5 Å². The minimum Gasteiger partial charge on any atom is -0.385 e. The number of hydrogen-bond donors (Lipinski definition) is 1. The molecule has 0 amide bonds. The number of benzene rings is 1. The second kappa shape index (κ2) is 5.32. The van der Waals surface area contributed by atoms with Crippen LogP contribution in [0, 0.1) is 0 Å². The third-order valence-electron chi connectivity index (χ3n) is 3.78. The topological polar surface area (TPSA) is 24.9 Å². The summed E-state index contributed by atoms with van der Waals surface area (Å²) in [6.45, 7) is 16.5. The minimum absolute atomic E-state index is 0.0450. The molecule has 2 nitrogen and oxygen atoms in total. The standard InChI is InChI=1S/C19H28N2/c1-8-20-15-12-16(19(5,6)7)21-17-13(15)10-9-11-14(17)18(2,3)4/h9-12H,8H2,1-7H3,(H,20,21). The number of rotatable bonds is 2. The molecule has 114 valence electrons. The van der Waals surface area contributed by atoms with Crippen molar-refractivity contribution in [2.24, 2.45) is 0 Å². The molecule has 21 heavy (non-hydrogen) atoms. The van der Waals surface area contributed by atoms with E-state index in [0.717, 1.165) is 17.8 Å². The fourth-order valence-electron chi connectivity index (χ4n) is 2.57. The average molecular weight is 284 g/mol. The molecule has 0 atom stereocenters. The highest BCUT2D eigenvalue weighted by atomic mass is 14.9. The lowest BCUT2D eigenvalue weighted by molar-refractivity contribution is 0.568. The van der Waals surface area contributed by atoms with E-state index in [9.17, 15) is 0 Å². The largest absolute Gasteiger partial charge is 0.385 e. The van der Waals surface area contributed by atoms with Gasteiger partial charge in [-0.15, -0.1) is 0 Å². The molecule has 0 fully saturated rings. The number of fused-ring (bicyclic) bond motifs is 1. The molecule has 1 heterocycles. The minimum atomic E-state index is 0.0450. The van der Waals surface area contributed by atoms with Gasteiger partial charge in [0.05, 0.1) is 5.52 Å². The van der Waals surface area contributed by atoms with Crippen molar-refractivity contribution < 1.29 is 0 Å². The first-order valence-corrected chi connectivity index (χ1v) is 7.83. The van der Waals surface area contributed by atoms with E-state index in [-0.39, 0.29) is 10.8 Å². The van der Waals surface area contributed by atoms with E-state index in [1.54, 1.807) is 0 Å². The number of aromatic nitrogens is 1. The van der Waals surface area contributed by atoms with E-state index >= 15 is 0 Å². The van der Waals surface area contributed by atoms with Gasteiger partial charge in [-0.1, -0.05) is 59.7 Å². The second-order valence-corrected chi connectivity index (χ2v) is 7.79. The summed E-state index contributed by atoms with van der Waals surface area (Å²) in [4.78, 5) is 5.02. The van der Waals surface area contributed by atoms with Crippen molar-refractivity contribution in [3.63, 3.8) is 0 Å². The Bertz CT molecular complexity index is 643. The monoisotopic (exact) mass is 284 g/mol. The van der Waals surface area contributed by atoms with Crippen LogP contribution in [0.2, 0.25) is 0 Å². The fourth-order valence-corrected chi connectivity index (χ4v) is 2.57. The van der Waals surface area contributed by atoms with Gasteiger partial charge in [0.15, 0.2) is 0 Å². The van der Waals surface area contributed by atoms with E-state index in [4.69, 9.17) is 4.98 Å². The summed E-state index contributed by atoms with van der Waals surface area (Å²) in [5, 5.41) is 4.72. The molecule has 0 aliphatic rings. The van der Waals surface area contributed by atoms with E-state index < -0.39 is 0 Å². The van der Waals surface area contributed by atoms with Crippen LogP contribution >= 0.6 is 0 Å². The average Bonchev–Trinajstić information content (AvgIpc) is 2.36. The molecule has 1 aromatic heterocycles. The van der Waals surface area contributed by atoms with Crippen molar-refractivity contribution in [1.82, 2.24) is 4.98 Å². The van der Waals surface area contributed by atoms with Crippen LogP contribution in [0.4, 0.5) is 5.69 Å². The Morgan fingerprint density at radius 2 is 1.67 bits per heavy atom. The van der Waals surface area contributed by atoms with Crippen LogP contribution in [0.5, 0.6) is 0 Å². The van der Waals surface area contributed by atoms with Gasteiger partial charge in [0.1, 0.15) is 0 Å².